The van der Waals surface area contributed by atoms with Crippen molar-refractivity contribution >= 4 is 88.8 Å². The molecule has 6 heterocycles. The number of aromatic nitrogens is 6. The van der Waals surface area contributed by atoms with E-state index in [9.17, 15) is 0 Å². The second kappa shape index (κ2) is 15.3. The normalized spacial score (nSPS) is 12.5. The van der Waals surface area contributed by atoms with Crippen molar-refractivity contribution in [3.8, 4) is 67.8 Å². The van der Waals surface area contributed by atoms with E-state index < -0.39 is 0 Å². The summed E-state index contributed by atoms with van der Waals surface area (Å²) in [5.41, 5.74) is 23.7. The SMILES string of the molecule is c1ccc(-c2ccc(-c3nc4cc(-n5c6ccccc6c6ccccc65)cc5c4n3-c3cccc4c3B5c3cc(-n5c6ccccc6c6ccccc65)cc5nc(-c6ccc(-c7ccccc7)cc6)n-4c35)cc2)cc1. The van der Waals surface area contributed by atoms with E-state index in [0.29, 0.717) is 0 Å². The number of hydrogen-bond acceptors (Lipinski definition) is 2. The highest BCUT2D eigenvalue weighted by molar-refractivity contribution is 7.00. The lowest BCUT2D eigenvalue weighted by Crippen LogP contribution is -2.59. The fourth-order valence-corrected chi connectivity index (χ4v) is 13.0. The molecule has 0 bridgehead atoms. The van der Waals surface area contributed by atoms with E-state index in [-0.39, 0.29) is 6.71 Å². The molecule has 2 aliphatic rings. The molecule has 0 spiro atoms. The van der Waals surface area contributed by atoms with Gasteiger partial charge in [0, 0.05) is 55.4 Å². The Morgan fingerprint density at radius 1 is 0.280 bits per heavy atom. The van der Waals surface area contributed by atoms with Crippen LogP contribution < -0.4 is 16.4 Å². The molecule has 346 valence electrons. The Kier molecular flexibility index (Phi) is 8.27. The topological polar surface area (TPSA) is 45.5 Å². The van der Waals surface area contributed by atoms with Crippen LogP contribution in [0.25, 0.3) is 133 Å². The molecule has 11 aromatic carbocycles. The van der Waals surface area contributed by atoms with Crippen LogP contribution in [0.1, 0.15) is 0 Å². The number of nitrogens with zero attached hydrogens (tertiary/aromatic N) is 6. The van der Waals surface area contributed by atoms with Crippen LogP contribution in [-0.2, 0) is 0 Å². The second-order valence-corrected chi connectivity index (χ2v) is 20.1. The third-order valence-electron chi connectivity index (χ3n) is 16.2. The van der Waals surface area contributed by atoms with Crippen molar-refractivity contribution in [3.63, 3.8) is 0 Å². The van der Waals surface area contributed by atoms with Crippen molar-refractivity contribution in [2.24, 2.45) is 0 Å². The predicted molar refractivity (Wildman–Crippen MR) is 311 cm³/mol. The van der Waals surface area contributed by atoms with Gasteiger partial charge in [-0.2, -0.15) is 0 Å². The van der Waals surface area contributed by atoms with Crippen molar-refractivity contribution in [3.05, 3.63) is 249 Å². The smallest absolute Gasteiger partial charge is 0.252 e. The Morgan fingerprint density at radius 3 is 1.00 bits per heavy atom. The zero-order chi connectivity index (χ0) is 48.9. The van der Waals surface area contributed by atoms with Gasteiger partial charge in [0.2, 0.25) is 0 Å². The Morgan fingerprint density at radius 2 is 0.613 bits per heavy atom. The fraction of sp³-hybridized carbons (Fsp3) is 0. The van der Waals surface area contributed by atoms with E-state index in [1.807, 2.05) is 0 Å². The second-order valence-electron chi connectivity index (χ2n) is 20.1. The van der Waals surface area contributed by atoms with Crippen molar-refractivity contribution in [2.45, 2.75) is 0 Å². The lowest BCUT2D eigenvalue weighted by Gasteiger charge is -2.34. The molecule has 6 nitrogen and oxygen atoms in total. The van der Waals surface area contributed by atoms with Crippen LogP contribution in [0.4, 0.5) is 0 Å². The summed E-state index contributed by atoms with van der Waals surface area (Å²) in [7, 11) is 0. The van der Waals surface area contributed by atoms with Gasteiger partial charge in [-0.1, -0.05) is 188 Å². The summed E-state index contributed by atoms with van der Waals surface area (Å²) in [5.74, 6) is 1.82. The zero-order valence-corrected chi connectivity index (χ0v) is 40.4. The highest BCUT2D eigenvalue weighted by Crippen LogP contribution is 2.41. The molecule has 7 heteroatoms. The minimum atomic E-state index is -0.169. The van der Waals surface area contributed by atoms with E-state index in [2.05, 4.69) is 267 Å². The van der Waals surface area contributed by atoms with E-state index in [0.717, 1.165) is 67.6 Å². The van der Waals surface area contributed by atoms with E-state index in [1.165, 1.54) is 82.3 Å². The first-order chi connectivity index (χ1) is 37.2. The molecule has 0 aliphatic carbocycles. The maximum absolute atomic E-state index is 5.74. The molecule has 4 aromatic heterocycles. The van der Waals surface area contributed by atoms with Crippen LogP contribution in [0, 0.1) is 0 Å². The molecule has 17 rings (SSSR count). The van der Waals surface area contributed by atoms with Crippen LogP contribution >= 0.6 is 0 Å². The Labute approximate surface area is 431 Å². The molecule has 15 aromatic rings. The van der Waals surface area contributed by atoms with Crippen LogP contribution in [-0.4, -0.2) is 34.9 Å². The summed E-state index contributed by atoms with van der Waals surface area (Å²) in [6, 6.07) is 90.8. The number of fused-ring (bicyclic) bond motifs is 10. The molecule has 0 fully saturated rings. The molecule has 0 atom stereocenters. The van der Waals surface area contributed by atoms with Crippen LogP contribution in [0.2, 0.25) is 0 Å². The first-order valence-corrected chi connectivity index (χ1v) is 25.8. The lowest BCUT2D eigenvalue weighted by atomic mass is 9.34. The van der Waals surface area contributed by atoms with Crippen LogP contribution in [0.3, 0.4) is 0 Å². The van der Waals surface area contributed by atoms with Gasteiger partial charge >= 0.3 is 0 Å². The van der Waals surface area contributed by atoms with Gasteiger partial charge in [-0.3, -0.25) is 9.13 Å². The van der Waals surface area contributed by atoms with Gasteiger partial charge in [0.05, 0.1) is 44.1 Å². The minimum Gasteiger partial charge on any atom is -0.309 e. The molecule has 0 unspecified atom stereocenters. The van der Waals surface area contributed by atoms with Crippen molar-refractivity contribution in [1.82, 2.24) is 28.2 Å². The molecule has 0 saturated heterocycles. The summed E-state index contributed by atoms with van der Waals surface area (Å²) in [6.45, 7) is -0.169. The van der Waals surface area contributed by atoms with E-state index >= 15 is 0 Å². The quantitative estimate of drug-likeness (QED) is 0.156. The number of hydrogen-bond donors (Lipinski definition) is 0. The maximum atomic E-state index is 5.74. The standard InChI is InChI=1S/C68H41BN6/c1-3-16-42(17-4-1)44-30-34-46(35-31-44)67-70-56-40-48(72-58-24-11-7-20-50(58)51-21-8-12-25-59(51)72)38-54-65(56)74(67)62-28-15-29-63-64(62)69(54)55-39-49(73-60-26-13-9-22-52(60)53-23-10-14-27-61(53)73)41-57-66(55)75(63)68(71-57)47-36-32-45(33-37-47)43-18-5-2-6-19-43/h1-41H. The molecule has 0 radical (unpaired) electrons. The molecular weight excluding hydrogens is 912 g/mol. The molecular formula is C68H41BN6. The summed E-state index contributed by atoms with van der Waals surface area (Å²) >= 11 is 0. The minimum absolute atomic E-state index is 0.169. The third kappa shape index (κ3) is 5.69. The molecule has 0 saturated carbocycles. The van der Waals surface area contributed by atoms with Crippen molar-refractivity contribution < 1.29 is 0 Å². The molecule has 2 aliphatic heterocycles. The highest BCUT2D eigenvalue weighted by atomic mass is 15.1. The number of benzene rings is 11. The number of imidazole rings is 2. The molecule has 0 amide bonds. The van der Waals surface area contributed by atoms with Gasteiger partial charge < -0.3 is 9.13 Å². The van der Waals surface area contributed by atoms with Gasteiger partial charge in [0.25, 0.3) is 6.71 Å². The summed E-state index contributed by atoms with van der Waals surface area (Å²) in [4.78, 5) is 11.5. The molecule has 0 N–H and O–H groups in total. The van der Waals surface area contributed by atoms with Gasteiger partial charge in [-0.15, -0.1) is 0 Å². The first kappa shape index (κ1) is 40.6. The average Bonchev–Trinajstić information content (AvgIpc) is 4.26. The lowest BCUT2D eigenvalue weighted by molar-refractivity contribution is 1.07. The predicted octanol–water partition coefficient (Wildman–Crippen LogP) is 14.4. The van der Waals surface area contributed by atoms with Crippen LogP contribution in [0.5, 0.6) is 0 Å². The van der Waals surface area contributed by atoms with E-state index in [1.54, 1.807) is 0 Å². The number of para-hydroxylation sites is 4. The largest absolute Gasteiger partial charge is 0.309 e. The Bertz CT molecular complexity index is 4460. The first-order valence-electron chi connectivity index (χ1n) is 25.8. The monoisotopic (exact) mass is 952 g/mol. The average molecular weight is 953 g/mol. The fourth-order valence-electron chi connectivity index (χ4n) is 13.0. The summed E-state index contributed by atoms with van der Waals surface area (Å²) in [5, 5.41) is 4.91. The zero-order valence-electron chi connectivity index (χ0n) is 40.4. The molecule has 75 heavy (non-hydrogen) atoms. The third-order valence-corrected chi connectivity index (χ3v) is 16.2. The highest BCUT2D eigenvalue weighted by Gasteiger charge is 2.42. The Balaban J connectivity index is 0.987. The summed E-state index contributed by atoms with van der Waals surface area (Å²) < 4.78 is 9.81. The van der Waals surface area contributed by atoms with Crippen molar-refractivity contribution in [2.75, 3.05) is 0 Å². The van der Waals surface area contributed by atoms with Gasteiger partial charge in [-0.25, -0.2) is 9.97 Å². The van der Waals surface area contributed by atoms with Gasteiger partial charge in [-0.05, 0) is 99.3 Å². The maximum Gasteiger partial charge on any atom is 0.252 e. The van der Waals surface area contributed by atoms with Crippen molar-refractivity contribution in [1.29, 1.82) is 0 Å². The van der Waals surface area contributed by atoms with Crippen LogP contribution in [0.15, 0.2) is 249 Å². The van der Waals surface area contributed by atoms with E-state index in [4.69, 9.17) is 9.97 Å². The number of rotatable bonds is 6. The van der Waals surface area contributed by atoms with Gasteiger partial charge in [0.1, 0.15) is 11.6 Å². The Hall–Kier alpha value is -9.98. The van der Waals surface area contributed by atoms with Gasteiger partial charge in [0.15, 0.2) is 0 Å². The summed E-state index contributed by atoms with van der Waals surface area (Å²) in [6.07, 6.45) is 0.